The number of hydrogen-bond acceptors (Lipinski definition) is 3. The van der Waals surface area contributed by atoms with Crippen molar-refractivity contribution in [2.45, 2.75) is 26.3 Å². The monoisotopic (exact) mass is 249 g/mol. The van der Waals surface area contributed by atoms with Gasteiger partial charge in [0.2, 0.25) is 0 Å². The fourth-order valence-electron chi connectivity index (χ4n) is 1.85. The van der Waals surface area contributed by atoms with E-state index >= 15 is 0 Å². The first-order chi connectivity index (χ1) is 8.22. The number of benzene rings is 1. The standard InChI is InChI=1S/C14H19NOS/c1-3-7-17-9-12(15)13-8-11-6-4-5-10(2)14(11)16-13/h4-6,8,12H,3,7,9,15H2,1-2H3. The van der Waals surface area contributed by atoms with Crippen molar-refractivity contribution in [3.63, 3.8) is 0 Å². The first kappa shape index (κ1) is 12.5. The first-order valence-electron chi connectivity index (χ1n) is 6.04. The molecule has 0 aliphatic carbocycles. The predicted octanol–water partition coefficient (Wildman–Crippen LogP) is 3.88. The Balaban J connectivity index is 2.16. The van der Waals surface area contributed by atoms with Crippen LogP contribution in [0.5, 0.6) is 0 Å². The lowest BCUT2D eigenvalue weighted by atomic mass is 10.1. The van der Waals surface area contributed by atoms with Crippen LogP contribution in [0.3, 0.4) is 0 Å². The van der Waals surface area contributed by atoms with Crippen molar-refractivity contribution in [3.05, 3.63) is 35.6 Å². The van der Waals surface area contributed by atoms with E-state index in [1.165, 1.54) is 12.0 Å². The minimum atomic E-state index is -0.00153. The molecule has 92 valence electrons. The largest absolute Gasteiger partial charge is 0.459 e. The van der Waals surface area contributed by atoms with E-state index in [2.05, 4.69) is 32.0 Å². The number of hydrogen-bond donors (Lipinski definition) is 1. The van der Waals surface area contributed by atoms with Crippen molar-refractivity contribution >= 4 is 22.7 Å². The molecule has 1 aromatic carbocycles. The lowest BCUT2D eigenvalue weighted by molar-refractivity contribution is 0.514. The molecule has 2 aromatic rings. The van der Waals surface area contributed by atoms with Crippen molar-refractivity contribution in [2.24, 2.45) is 5.73 Å². The van der Waals surface area contributed by atoms with E-state index in [0.29, 0.717) is 0 Å². The summed E-state index contributed by atoms with van der Waals surface area (Å²) >= 11 is 1.89. The number of nitrogens with two attached hydrogens (primary N) is 1. The molecule has 2 rings (SSSR count). The maximum Gasteiger partial charge on any atom is 0.137 e. The van der Waals surface area contributed by atoms with Crippen molar-refractivity contribution in [1.82, 2.24) is 0 Å². The third-order valence-corrected chi connectivity index (χ3v) is 4.06. The Bertz CT molecular complexity index is 492. The third kappa shape index (κ3) is 2.85. The second kappa shape index (κ2) is 5.61. The highest BCUT2D eigenvalue weighted by Gasteiger charge is 2.12. The molecule has 1 atom stereocenters. The molecule has 0 saturated carbocycles. The van der Waals surface area contributed by atoms with Gasteiger partial charge in [0.05, 0.1) is 6.04 Å². The maximum absolute atomic E-state index is 6.14. The summed E-state index contributed by atoms with van der Waals surface area (Å²) in [4.78, 5) is 0. The molecule has 0 saturated heterocycles. The summed E-state index contributed by atoms with van der Waals surface area (Å²) in [6, 6.07) is 8.25. The maximum atomic E-state index is 6.14. The van der Waals surface area contributed by atoms with E-state index in [0.717, 1.165) is 28.2 Å². The van der Waals surface area contributed by atoms with E-state index in [1.54, 1.807) is 0 Å². The molecular weight excluding hydrogens is 230 g/mol. The quantitative estimate of drug-likeness (QED) is 0.817. The average Bonchev–Trinajstić information content (AvgIpc) is 2.75. The lowest BCUT2D eigenvalue weighted by Crippen LogP contribution is -2.12. The SMILES string of the molecule is CCCSCC(N)c1cc2cccc(C)c2o1. The zero-order valence-electron chi connectivity index (χ0n) is 10.4. The number of rotatable bonds is 5. The van der Waals surface area contributed by atoms with Gasteiger partial charge in [-0.3, -0.25) is 0 Å². The number of furan rings is 1. The zero-order chi connectivity index (χ0) is 12.3. The van der Waals surface area contributed by atoms with Crippen molar-refractivity contribution in [1.29, 1.82) is 0 Å². The van der Waals surface area contributed by atoms with Crippen LogP contribution in [-0.2, 0) is 0 Å². The van der Waals surface area contributed by atoms with Gasteiger partial charge < -0.3 is 10.2 Å². The Hall–Kier alpha value is -0.930. The summed E-state index contributed by atoms with van der Waals surface area (Å²) in [6.45, 7) is 4.25. The van der Waals surface area contributed by atoms with E-state index in [-0.39, 0.29) is 6.04 Å². The van der Waals surface area contributed by atoms with Gasteiger partial charge in [0, 0.05) is 11.1 Å². The second-order valence-electron chi connectivity index (χ2n) is 4.32. The zero-order valence-corrected chi connectivity index (χ0v) is 11.2. The van der Waals surface area contributed by atoms with E-state index in [4.69, 9.17) is 10.2 Å². The van der Waals surface area contributed by atoms with Crippen LogP contribution >= 0.6 is 11.8 Å². The van der Waals surface area contributed by atoms with Gasteiger partial charge in [0.1, 0.15) is 11.3 Å². The van der Waals surface area contributed by atoms with Crippen molar-refractivity contribution in [3.8, 4) is 0 Å². The van der Waals surface area contributed by atoms with Crippen LogP contribution in [0.25, 0.3) is 11.0 Å². The molecule has 0 aliphatic heterocycles. The van der Waals surface area contributed by atoms with Gasteiger partial charge in [-0.15, -0.1) is 0 Å². The minimum absolute atomic E-state index is 0.00153. The molecule has 0 bridgehead atoms. The summed E-state index contributed by atoms with van der Waals surface area (Å²) in [5, 5.41) is 1.15. The highest BCUT2D eigenvalue weighted by atomic mass is 32.2. The third-order valence-electron chi connectivity index (χ3n) is 2.77. The Kier molecular flexibility index (Phi) is 4.13. The molecule has 2 N–H and O–H groups in total. The Labute approximate surface area is 107 Å². The van der Waals surface area contributed by atoms with Crippen LogP contribution in [-0.4, -0.2) is 11.5 Å². The van der Waals surface area contributed by atoms with Crippen LogP contribution in [0.15, 0.2) is 28.7 Å². The Morgan fingerprint density at radius 3 is 2.94 bits per heavy atom. The Morgan fingerprint density at radius 1 is 1.41 bits per heavy atom. The molecule has 0 fully saturated rings. The molecule has 0 aliphatic rings. The molecule has 0 spiro atoms. The molecule has 3 heteroatoms. The summed E-state index contributed by atoms with van der Waals surface area (Å²) < 4.78 is 5.85. The molecule has 1 unspecified atom stereocenters. The van der Waals surface area contributed by atoms with Gasteiger partial charge in [-0.05, 0) is 30.7 Å². The fraction of sp³-hybridized carbons (Fsp3) is 0.429. The Morgan fingerprint density at radius 2 is 2.24 bits per heavy atom. The lowest BCUT2D eigenvalue weighted by Gasteiger charge is -2.07. The molecule has 2 nitrogen and oxygen atoms in total. The van der Waals surface area contributed by atoms with Crippen LogP contribution in [0.4, 0.5) is 0 Å². The van der Waals surface area contributed by atoms with Gasteiger partial charge in [-0.1, -0.05) is 25.1 Å². The molecule has 0 amide bonds. The van der Waals surface area contributed by atoms with Crippen LogP contribution < -0.4 is 5.73 Å². The molecule has 1 heterocycles. The molecule has 0 radical (unpaired) electrons. The summed E-state index contributed by atoms with van der Waals surface area (Å²) in [7, 11) is 0. The average molecular weight is 249 g/mol. The van der Waals surface area contributed by atoms with Crippen LogP contribution in [0, 0.1) is 6.92 Å². The smallest absolute Gasteiger partial charge is 0.137 e. The summed E-state index contributed by atoms with van der Waals surface area (Å²) in [5.41, 5.74) is 8.27. The number of fused-ring (bicyclic) bond motifs is 1. The number of aryl methyl sites for hydroxylation is 1. The highest BCUT2D eigenvalue weighted by Crippen LogP contribution is 2.26. The van der Waals surface area contributed by atoms with Gasteiger partial charge >= 0.3 is 0 Å². The van der Waals surface area contributed by atoms with Gasteiger partial charge in [-0.25, -0.2) is 0 Å². The normalized spacial score (nSPS) is 13.1. The van der Waals surface area contributed by atoms with E-state index in [9.17, 15) is 0 Å². The van der Waals surface area contributed by atoms with Crippen molar-refractivity contribution < 1.29 is 4.42 Å². The molecular formula is C14H19NOS. The van der Waals surface area contributed by atoms with E-state index in [1.807, 2.05) is 17.8 Å². The van der Waals surface area contributed by atoms with Gasteiger partial charge in [0.15, 0.2) is 0 Å². The summed E-state index contributed by atoms with van der Waals surface area (Å²) in [6.07, 6.45) is 1.19. The number of para-hydroxylation sites is 1. The highest BCUT2D eigenvalue weighted by molar-refractivity contribution is 7.99. The topological polar surface area (TPSA) is 39.2 Å². The number of thioether (sulfide) groups is 1. The summed E-state index contributed by atoms with van der Waals surface area (Å²) in [5.74, 6) is 2.98. The minimum Gasteiger partial charge on any atom is -0.459 e. The first-order valence-corrected chi connectivity index (χ1v) is 7.20. The predicted molar refractivity (Wildman–Crippen MR) is 75.5 cm³/mol. The molecule has 1 aromatic heterocycles. The van der Waals surface area contributed by atoms with Crippen molar-refractivity contribution in [2.75, 3.05) is 11.5 Å². The second-order valence-corrected chi connectivity index (χ2v) is 5.47. The van der Waals surface area contributed by atoms with Crippen LogP contribution in [0.2, 0.25) is 0 Å². The van der Waals surface area contributed by atoms with E-state index < -0.39 is 0 Å². The van der Waals surface area contributed by atoms with Gasteiger partial charge in [-0.2, -0.15) is 11.8 Å². The molecule has 17 heavy (non-hydrogen) atoms. The van der Waals surface area contributed by atoms with Crippen LogP contribution in [0.1, 0.15) is 30.7 Å². The van der Waals surface area contributed by atoms with Gasteiger partial charge in [0.25, 0.3) is 0 Å². The fourth-order valence-corrected chi connectivity index (χ4v) is 2.72.